The van der Waals surface area contributed by atoms with Crippen molar-refractivity contribution in [1.29, 1.82) is 0 Å². The molecular weight excluding hydrogens is 363 g/mol. The van der Waals surface area contributed by atoms with Crippen molar-refractivity contribution in [3.63, 3.8) is 0 Å². The van der Waals surface area contributed by atoms with Crippen molar-refractivity contribution in [3.8, 4) is 0 Å². The predicted molar refractivity (Wildman–Crippen MR) is 134 cm³/mol. The molecule has 0 aliphatic carbocycles. The standard InChI is InChI=1S/C27H31BSi/c1-6-29(4,5)27(22(2)3)26(23-16-10-7-11-17-23)28(24-18-12-8-13-19-24)25-20-14-9-15-21-25/h7-21H,2,6H2,1,3-5H3/b27-26-. The van der Waals surface area contributed by atoms with Gasteiger partial charge in [0.25, 0.3) is 0 Å². The van der Waals surface area contributed by atoms with Crippen LogP contribution in [0.25, 0.3) is 5.47 Å². The van der Waals surface area contributed by atoms with E-state index >= 15 is 0 Å². The minimum absolute atomic E-state index is 0.185. The van der Waals surface area contributed by atoms with Crippen LogP contribution in [0.2, 0.25) is 19.1 Å². The average Bonchev–Trinajstić information content (AvgIpc) is 2.75. The number of allylic oxidation sites excluding steroid dienone is 2. The molecule has 0 N–H and O–H groups in total. The molecule has 0 bridgehead atoms. The third-order valence-corrected chi connectivity index (χ3v) is 9.71. The minimum atomic E-state index is -1.66. The molecule has 29 heavy (non-hydrogen) atoms. The normalized spacial score (nSPS) is 12.3. The first kappa shape index (κ1) is 21.1. The van der Waals surface area contributed by atoms with E-state index in [-0.39, 0.29) is 6.71 Å². The van der Waals surface area contributed by atoms with Gasteiger partial charge in [0.05, 0.1) is 8.07 Å². The first-order valence-corrected chi connectivity index (χ1v) is 13.7. The highest BCUT2D eigenvalue weighted by atomic mass is 28.3. The van der Waals surface area contributed by atoms with E-state index in [4.69, 9.17) is 0 Å². The second-order valence-corrected chi connectivity index (χ2v) is 13.4. The summed E-state index contributed by atoms with van der Waals surface area (Å²) in [5, 5.41) is 1.50. The van der Waals surface area contributed by atoms with E-state index in [1.807, 2.05) is 0 Å². The Balaban J connectivity index is 2.42. The van der Waals surface area contributed by atoms with Gasteiger partial charge in [0.15, 0.2) is 0 Å². The van der Waals surface area contributed by atoms with Crippen molar-refractivity contribution in [3.05, 3.63) is 114 Å². The molecule has 3 aromatic carbocycles. The lowest BCUT2D eigenvalue weighted by molar-refractivity contribution is 1.33. The number of benzene rings is 3. The molecule has 0 unspecified atom stereocenters. The Kier molecular flexibility index (Phi) is 6.76. The molecule has 0 nitrogen and oxygen atoms in total. The average molecular weight is 394 g/mol. The lowest BCUT2D eigenvalue weighted by Crippen LogP contribution is -2.46. The largest absolute Gasteiger partial charge is 0.241 e. The maximum atomic E-state index is 4.46. The summed E-state index contributed by atoms with van der Waals surface area (Å²) in [5.41, 5.74) is 6.60. The summed E-state index contributed by atoms with van der Waals surface area (Å²) in [6.07, 6.45) is 0. The van der Waals surface area contributed by atoms with Gasteiger partial charge in [-0.05, 0) is 12.5 Å². The quantitative estimate of drug-likeness (QED) is 0.334. The summed E-state index contributed by atoms with van der Waals surface area (Å²) < 4.78 is 0. The van der Waals surface area contributed by atoms with Gasteiger partial charge in [0.2, 0.25) is 6.71 Å². The van der Waals surface area contributed by atoms with Crippen molar-refractivity contribution in [2.24, 2.45) is 0 Å². The molecule has 0 atom stereocenters. The van der Waals surface area contributed by atoms with Crippen LogP contribution < -0.4 is 10.9 Å². The Morgan fingerprint density at radius 3 is 1.55 bits per heavy atom. The van der Waals surface area contributed by atoms with E-state index in [1.165, 1.54) is 38.8 Å². The van der Waals surface area contributed by atoms with Crippen molar-refractivity contribution >= 4 is 31.2 Å². The Hall–Kier alpha value is -2.58. The monoisotopic (exact) mass is 394 g/mol. The number of hydrogen-bond donors (Lipinski definition) is 0. The summed E-state index contributed by atoms with van der Waals surface area (Å²) in [5.74, 6) is 0. The predicted octanol–water partition coefficient (Wildman–Crippen LogP) is 6.13. The van der Waals surface area contributed by atoms with E-state index in [1.54, 1.807) is 0 Å². The van der Waals surface area contributed by atoms with Crippen LogP contribution in [0.15, 0.2) is 108 Å². The highest BCUT2D eigenvalue weighted by Gasteiger charge is 2.34. The van der Waals surface area contributed by atoms with E-state index in [0.29, 0.717) is 0 Å². The van der Waals surface area contributed by atoms with Crippen molar-refractivity contribution in [1.82, 2.24) is 0 Å². The maximum absolute atomic E-state index is 4.46. The van der Waals surface area contributed by atoms with Gasteiger partial charge in [-0.15, -0.1) is 0 Å². The fourth-order valence-electron chi connectivity index (χ4n) is 4.24. The third kappa shape index (κ3) is 4.71. The van der Waals surface area contributed by atoms with Crippen molar-refractivity contribution in [2.75, 3.05) is 0 Å². The molecule has 0 aromatic heterocycles. The van der Waals surface area contributed by atoms with Gasteiger partial charge in [0.1, 0.15) is 0 Å². The molecule has 3 aromatic rings. The van der Waals surface area contributed by atoms with Crippen LogP contribution in [0.5, 0.6) is 0 Å². The third-order valence-electron chi connectivity index (χ3n) is 5.90. The van der Waals surface area contributed by atoms with Gasteiger partial charge in [0, 0.05) is 0 Å². The van der Waals surface area contributed by atoms with Crippen LogP contribution in [0.1, 0.15) is 19.4 Å². The van der Waals surface area contributed by atoms with Gasteiger partial charge in [-0.25, -0.2) is 0 Å². The summed E-state index contributed by atoms with van der Waals surface area (Å²) in [7, 11) is -1.66. The molecular formula is C27H31BSi. The zero-order valence-corrected chi connectivity index (χ0v) is 19.2. The molecule has 0 spiro atoms. The highest BCUT2D eigenvalue weighted by Crippen LogP contribution is 2.34. The van der Waals surface area contributed by atoms with Gasteiger partial charge in [-0.1, -0.05) is 151 Å². The van der Waals surface area contributed by atoms with Crippen molar-refractivity contribution < 1.29 is 0 Å². The summed E-state index contributed by atoms with van der Waals surface area (Å²) in [6.45, 7) is 14.1. The van der Waals surface area contributed by atoms with Crippen LogP contribution in [-0.4, -0.2) is 14.8 Å². The van der Waals surface area contributed by atoms with Gasteiger partial charge in [-0.2, -0.15) is 0 Å². The van der Waals surface area contributed by atoms with Gasteiger partial charge >= 0.3 is 0 Å². The van der Waals surface area contributed by atoms with E-state index in [9.17, 15) is 0 Å². The molecule has 146 valence electrons. The second kappa shape index (κ2) is 9.28. The highest BCUT2D eigenvalue weighted by molar-refractivity contribution is 7.02. The first-order chi connectivity index (χ1) is 14.0. The summed E-state index contributed by atoms with van der Waals surface area (Å²) in [6, 6.07) is 34.0. The van der Waals surface area contributed by atoms with E-state index in [0.717, 1.165) is 0 Å². The van der Waals surface area contributed by atoms with Crippen LogP contribution >= 0.6 is 0 Å². The maximum Gasteiger partial charge on any atom is 0.241 e. The Morgan fingerprint density at radius 2 is 1.17 bits per heavy atom. The second-order valence-electron chi connectivity index (χ2n) is 8.43. The number of hydrogen-bond acceptors (Lipinski definition) is 0. The minimum Gasteiger partial charge on any atom is -0.0962 e. The molecule has 0 heterocycles. The van der Waals surface area contributed by atoms with Gasteiger partial charge in [-0.3, -0.25) is 0 Å². The lowest BCUT2D eigenvalue weighted by atomic mass is 9.35. The zero-order valence-electron chi connectivity index (χ0n) is 18.2. The molecule has 0 fully saturated rings. The lowest BCUT2D eigenvalue weighted by Gasteiger charge is -2.32. The fourth-order valence-corrected chi connectivity index (χ4v) is 6.77. The SMILES string of the molecule is C=C(C)/C(=C(/B(c1ccccc1)c1ccccc1)c1ccccc1)[Si](C)(C)CC. The fraction of sp³-hybridized carbons (Fsp3) is 0.185. The van der Waals surface area contributed by atoms with Crippen LogP contribution in [0.3, 0.4) is 0 Å². The molecule has 0 aliphatic heterocycles. The molecule has 3 rings (SSSR count). The first-order valence-electron chi connectivity index (χ1n) is 10.5. The van der Waals surface area contributed by atoms with Crippen LogP contribution in [-0.2, 0) is 0 Å². The number of rotatable bonds is 7. The Labute approximate surface area is 178 Å². The van der Waals surface area contributed by atoms with Crippen molar-refractivity contribution in [2.45, 2.75) is 33.0 Å². The van der Waals surface area contributed by atoms with Crippen LogP contribution in [0, 0.1) is 0 Å². The smallest absolute Gasteiger partial charge is 0.0962 e. The Morgan fingerprint density at radius 1 is 0.759 bits per heavy atom. The molecule has 0 saturated heterocycles. The van der Waals surface area contributed by atoms with Gasteiger partial charge < -0.3 is 0 Å². The van der Waals surface area contributed by atoms with Crippen LogP contribution in [0.4, 0.5) is 0 Å². The Bertz CT molecular complexity index is 933. The molecule has 0 aliphatic rings. The summed E-state index contributed by atoms with van der Waals surface area (Å²) in [4.78, 5) is 0. The van der Waals surface area contributed by atoms with E-state index < -0.39 is 8.07 Å². The van der Waals surface area contributed by atoms with E-state index in [2.05, 4.69) is 125 Å². The molecule has 0 saturated carbocycles. The molecule has 0 amide bonds. The topological polar surface area (TPSA) is 0 Å². The molecule has 2 heteroatoms. The summed E-state index contributed by atoms with van der Waals surface area (Å²) >= 11 is 0. The zero-order chi connectivity index (χ0) is 20.9. The molecule has 0 radical (unpaired) electrons.